The van der Waals surface area contributed by atoms with Gasteiger partial charge >= 0.3 is 0 Å². The van der Waals surface area contributed by atoms with Crippen molar-refractivity contribution in [3.63, 3.8) is 0 Å². The SMILES string of the molecule is CCCNC(c1cncs1)C1CCOC2(CCCC2)C1. The van der Waals surface area contributed by atoms with E-state index >= 15 is 0 Å². The monoisotopic (exact) mass is 294 g/mol. The molecule has 4 heteroatoms. The zero-order valence-electron chi connectivity index (χ0n) is 12.4. The van der Waals surface area contributed by atoms with E-state index in [4.69, 9.17) is 4.74 Å². The molecule has 2 atom stereocenters. The summed E-state index contributed by atoms with van der Waals surface area (Å²) in [7, 11) is 0. The molecule has 1 aliphatic heterocycles. The Morgan fingerprint density at radius 1 is 1.50 bits per heavy atom. The van der Waals surface area contributed by atoms with E-state index in [0.29, 0.717) is 12.0 Å². The molecule has 20 heavy (non-hydrogen) atoms. The van der Waals surface area contributed by atoms with Gasteiger partial charge in [-0.1, -0.05) is 19.8 Å². The normalized spacial score (nSPS) is 26.9. The molecule has 1 aromatic heterocycles. The molecule has 112 valence electrons. The molecule has 3 nitrogen and oxygen atoms in total. The summed E-state index contributed by atoms with van der Waals surface area (Å²) in [6.07, 6.45) is 10.9. The predicted molar refractivity (Wildman–Crippen MR) is 83.0 cm³/mol. The van der Waals surface area contributed by atoms with Gasteiger partial charge in [-0.25, -0.2) is 0 Å². The Labute approximate surface area is 126 Å². The maximum absolute atomic E-state index is 6.19. The van der Waals surface area contributed by atoms with Gasteiger partial charge in [-0.15, -0.1) is 11.3 Å². The molecule has 2 unspecified atom stereocenters. The lowest BCUT2D eigenvalue weighted by Crippen LogP contribution is -2.42. The van der Waals surface area contributed by atoms with E-state index in [0.717, 1.165) is 13.2 Å². The number of thiazole rings is 1. The highest BCUT2D eigenvalue weighted by molar-refractivity contribution is 7.09. The van der Waals surface area contributed by atoms with E-state index in [1.165, 1.54) is 49.8 Å². The van der Waals surface area contributed by atoms with E-state index in [1.54, 1.807) is 11.3 Å². The molecular weight excluding hydrogens is 268 g/mol. The molecule has 1 saturated heterocycles. The van der Waals surface area contributed by atoms with E-state index in [2.05, 4.69) is 23.4 Å². The summed E-state index contributed by atoms with van der Waals surface area (Å²) in [5, 5.41) is 3.76. The van der Waals surface area contributed by atoms with E-state index in [9.17, 15) is 0 Å². The van der Waals surface area contributed by atoms with Crippen LogP contribution >= 0.6 is 11.3 Å². The van der Waals surface area contributed by atoms with Gasteiger partial charge in [-0.2, -0.15) is 0 Å². The van der Waals surface area contributed by atoms with Gasteiger partial charge < -0.3 is 10.1 Å². The van der Waals surface area contributed by atoms with Gasteiger partial charge in [-0.05, 0) is 44.6 Å². The lowest BCUT2D eigenvalue weighted by atomic mass is 9.80. The molecule has 0 bridgehead atoms. The van der Waals surface area contributed by atoms with Gasteiger partial charge in [0.15, 0.2) is 0 Å². The average Bonchev–Trinajstić information content (AvgIpc) is 3.12. The minimum Gasteiger partial charge on any atom is -0.375 e. The van der Waals surface area contributed by atoms with Crippen molar-refractivity contribution >= 4 is 11.3 Å². The minimum atomic E-state index is 0.208. The highest BCUT2D eigenvalue weighted by Gasteiger charge is 2.42. The first-order valence-electron chi connectivity index (χ1n) is 8.09. The Kier molecular flexibility index (Phi) is 4.74. The van der Waals surface area contributed by atoms with Crippen LogP contribution in [0.2, 0.25) is 0 Å². The second-order valence-electron chi connectivity index (χ2n) is 6.33. The van der Waals surface area contributed by atoms with Crippen molar-refractivity contribution in [2.24, 2.45) is 5.92 Å². The summed E-state index contributed by atoms with van der Waals surface area (Å²) >= 11 is 1.79. The van der Waals surface area contributed by atoms with Gasteiger partial charge in [0.2, 0.25) is 0 Å². The van der Waals surface area contributed by atoms with Crippen LogP contribution in [0.5, 0.6) is 0 Å². The molecule has 2 fully saturated rings. The number of nitrogens with zero attached hydrogens (tertiary/aromatic N) is 1. The standard InChI is InChI=1S/C16H26N2OS/c1-2-8-18-15(14-11-17-12-20-14)13-5-9-19-16(10-13)6-3-4-7-16/h11-13,15,18H,2-10H2,1H3. The van der Waals surface area contributed by atoms with Gasteiger partial charge in [0.1, 0.15) is 0 Å². The molecule has 2 aliphatic rings. The summed E-state index contributed by atoms with van der Waals surface area (Å²) in [4.78, 5) is 5.68. The lowest BCUT2D eigenvalue weighted by Gasteiger charge is -2.41. The van der Waals surface area contributed by atoms with Crippen LogP contribution in [0.4, 0.5) is 0 Å². The van der Waals surface area contributed by atoms with Crippen LogP contribution in [-0.2, 0) is 4.74 Å². The van der Waals surface area contributed by atoms with Crippen molar-refractivity contribution in [3.8, 4) is 0 Å². The molecule has 1 aliphatic carbocycles. The zero-order chi connectivity index (χ0) is 13.8. The van der Waals surface area contributed by atoms with Crippen molar-refractivity contribution in [1.82, 2.24) is 10.3 Å². The highest BCUT2D eigenvalue weighted by Crippen LogP contribution is 2.45. The largest absolute Gasteiger partial charge is 0.375 e. The summed E-state index contributed by atoms with van der Waals surface area (Å²) in [5.74, 6) is 0.703. The highest BCUT2D eigenvalue weighted by atomic mass is 32.1. The second-order valence-corrected chi connectivity index (χ2v) is 7.24. The summed E-state index contributed by atoms with van der Waals surface area (Å²) in [6, 6.07) is 0.476. The minimum absolute atomic E-state index is 0.208. The Balaban J connectivity index is 1.72. The number of rotatable bonds is 5. The fourth-order valence-electron chi connectivity index (χ4n) is 3.90. The lowest BCUT2D eigenvalue weighted by molar-refractivity contribution is -0.0980. The molecule has 3 rings (SSSR count). The Morgan fingerprint density at radius 2 is 2.35 bits per heavy atom. The molecule has 1 N–H and O–H groups in total. The number of hydrogen-bond donors (Lipinski definition) is 1. The van der Waals surface area contributed by atoms with Crippen molar-refractivity contribution in [3.05, 3.63) is 16.6 Å². The molecule has 1 saturated carbocycles. The van der Waals surface area contributed by atoms with Crippen molar-refractivity contribution in [1.29, 1.82) is 0 Å². The van der Waals surface area contributed by atoms with Crippen LogP contribution in [0.15, 0.2) is 11.7 Å². The maximum atomic E-state index is 6.19. The predicted octanol–water partition coefficient (Wildman–Crippen LogP) is 3.92. The summed E-state index contributed by atoms with van der Waals surface area (Å²) < 4.78 is 6.19. The van der Waals surface area contributed by atoms with Crippen LogP contribution in [-0.4, -0.2) is 23.7 Å². The van der Waals surface area contributed by atoms with Gasteiger partial charge in [0.05, 0.1) is 11.1 Å². The van der Waals surface area contributed by atoms with Crippen LogP contribution in [0, 0.1) is 5.92 Å². The third-order valence-corrected chi connectivity index (χ3v) is 5.75. The Bertz CT molecular complexity index is 401. The van der Waals surface area contributed by atoms with Gasteiger partial charge in [0.25, 0.3) is 0 Å². The Morgan fingerprint density at radius 3 is 3.05 bits per heavy atom. The number of aromatic nitrogens is 1. The van der Waals surface area contributed by atoms with Crippen LogP contribution in [0.3, 0.4) is 0 Å². The van der Waals surface area contributed by atoms with E-state index in [-0.39, 0.29) is 5.60 Å². The topological polar surface area (TPSA) is 34.2 Å². The second kappa shape index (κ2) is 6.54. The first-order valence-corrected chi connectivity index (χ1v) is 8.97. The van der Waals surface area contributed by atoms with E-state index < -0.39 is 0 Å². The number of hydrogen-bond acceptors (Lipinski definition) is 4. The van der Waals surface area contributed by atoms with Gasteiger partial charge in [-0.3, -0.25) is 4.98 Å². The summed E-state index contributed by atoms with van der Waals surface area (Å²) in [6.45, 7) is 4.26. The first kappa shape index (κ1) is 14.5. The molecule has 0 amide bonds. The third-order valence-electron chi connectivity index (χ3n) is 4.89. The quantitative estimate of drug-likeness (QED) is 0.893. The smallest absolute Gasteiger partial charge is 0.0794 e. The molecule has 0 radical (unpaired) electrons. The van der Waals surface area contributed by atoms with Crippen LogP contribution < -0.4 is 5.32 Å². The Hall–Kier alpha value is -0.450. The third kappa shape index (κ3) is 3.07. The number of nitrogens with one attached hydrogen (secondary N) is 1. The zero-order valence-corrected chi connectivity index (χ0v) is 13.3. The fourth-order valence-corrected chi connectivity index (χ4v) is 4.68. The summed E-state index contributed by atoms with van der Waals surface area (Å²) in [5.41, 5.74) is 2.17. The first-order chi connectivity index (χ1) is 9.83. The van der Waals surface area contributed by atoms with Crippen LogP contribution in [0.1, 0.15) is 62.8 Å². The van der Waals surface area contributed by atoms with Gasteiger partial charge in [0, 0.05) is 23.7 Å². The van der Waals surface area contributed by atoms with Crippen molar-refractivity contribution in [2.75, 3.05) is 13.2 Å². The molecule has 2 heterocycles. The number of ether oxygens (including phenoxy) is 1. The van der Waals surface area contributed by atoms with Crippen molar-refractivity contribution < 1.29 is 4.74 Å². The van der Waals surface area contributed by atoms with E-state index in [1.807, 2.05) is 5.51 Å². The maximum Gasteiger partial charge on any atom is 0.0794 e. The molecular formula is C16H26N2OS. The fraction of sp³-hybridized carbons (Fsp3) is 0.812. The molecule has 1 aromatic rings. The molecule has 1 spiro atoms. The molecule has 0 aromatic carbocycles. The average molecular weight is 294 g/mol. The van der Waals surface area contributed by atoms with Crippen molar-refractivity contribution in [2.45, 2.75) is 63.5 Å². The van der Waals surface area contributed by atoms with Crippen LogP contribution in [0.25, 0.3) is 0 Å².